The zero-order chi connectivity index (χ0) is 16.9. The maximum absolute atomic E-state index is 11.9. The van der Waals surface area contributed by atoms with E-state index in [9.17, 15) is 4.79 Å². The van der Waals surface area contributed by atoms with Gasteiger partial charge in [0.15, 0.2) is 6.61 Å². The van der Waals surface area contributed by atoms with Gasteiger partial charge in [-0.05, 0) is 18.6 Å². The number of carbonyl (C=O) groups excluding carboxylic acids is 1. The smallest absolute Gasteiger partial charge is 0.310 e. The lowest BCUT2D eigenvalue weighted by Gasteiger charge is -2.03. The Morgan fingerprint density at radius 1 is 1.17 bits per heavy atom. The number of halogens is 1. The third-order valence-corrected chi connectivity index (χ3v) is 3.80. The SMILES string of the molecule is Cc1ccc(-c2noc(COC(=O)Cc3ccccc3Cl)n2)cc1. The van der Waals surface area contributed by atoms with Crippen LogP contribution < -0.4 is 0 Å². The molecule has 2 aromatic carbocycles. The largest absolute Gasteiger partial charge is 0.455 e. The highest BCUT2D eigenvalue weighted by Gasteiger charge is 2.12. The van der Waals surface area contributed by atoms with Crippen LogP contribution in [0.3, 0.4) is 0 Å². The number of aromatic nitrogens is 2. The second kappa shape index (κ2) is 7.27. The molecule has 0 N–H and O–H groups in total. The van der Waals surface area contributed by atoms with Crippen LogP contribution in [-0.4, -0.2) is 16.1 Å². The van der Waals surface area contributed by atoms with Crippen molar-refractivity contribution in [3.8, 4) is 11.4 Å². The van der Waals surface area contributed by atoms with Crippen LogP contribution in [0.1, 0.15) is 17.0 Å². The van der Waals surface area contributed by atoms with Gasteiger partial charge in [0.05, 0.1) is 6.42 Å². The number of rotatable bonds is 5. The van der Waals surface area contributed by atoms with Crippen molar-refractivity contribution in [2.75, 3.05) is 0 Å². The first kappa shape index (κ1) is 16.2. The Morgan fingerprint density at radius 2 is 1.92 bits per heavy atom. The lowest BCUT2D eigenvalue weighted by molar-refractivity contribution is -0.144. The van der Waals surface area contributed by atoms with Gasteiger partial charge in [-0.15, -0.1) is 0 Å². The predicted octanol–water partition coefficient (Wildman–Crippen LogP) is 3.98. The van der Waals surface area contributed by atoms with E-state index in [0.717, 1.165) is 16.7 Å². The van der Waals surface area contributed by atoms with E-state index < -0.39 is 5.97 Å². The van der Waals surface area contributed by atoms with Gasteiger partial charge in [0.2, 0.25) is 5.82 Å². The summed E-state index contributed by atoms with van der Waals surface area (Å²) in [5, 5.41) is 4.43. The molecule has 6 heteroatoms. The second-order valence-electron chi connectivity index (χ2n) is 5.31. The van der Waals surface area contributed by atoms with Crippen molar-refractivity contribution in [2.45, 2.75) is 20.0 Å². The third kappa shape index (κ3) is 4.00. The average Bonchev–Trinajstić information content (AvgIpc) is 3.05. The predicted molar refractivity (Wildman–Crippen MR) is 89.4 cm³/mol. The number of hydrogen-bond acceptors (Lipinski definition) is 5. The van der Waals surface area contributed by atoms with Crippen LogP contribution in [0.15, 0.2) is 53.1 Å². The van der Waals surface area contributed by atoms with Gasteiger partial charge in [-0.3, -0.25) is 4.79 Å². The first-order valence-electron chi connectivity index (χ1n) is 7.40. The fraction of sp³-hybridized carbons (Fsp3) is 0.167. The molecule has 0 unspecified atom stereocenters. The minimum Gasteiger partial charge on any atom is -0.455 e. The van der Waals surface area contributed by atoms with E-state index in [1.54, 1.807) is 12.1 Å². The van der Waals surface area contributed by atoms with E-state index in [1.165, 1.54) is 0 Å². The molecule has 3 rings (SSSR count). The molecule has 1 heterocycles. The third-order valence-electron chi connectivity index (χ3n) is 3.43. The van der Waals surface area contributed by atoms with Gasteiger partial charge in [0.1, 0.15) is 0 Å². The summed E-state index contributed by atoms with van der Waals surface area (Å²) in [5.41, 5.74) is 2.71. The normalized spacial score (nSPS) is 10.6. The number of benzene rings is 2. The lowest BCUT2D eigenvalue weighted by Crippen LogP contribution is -2.08. The summed E-state index contributed by atoms with van der Waals surface area (Å²) >= 11 is 6.02. The number of carbonyl (C=O) groups is 1. The molecule has 0 bridgehead atoms. The molecular formula is C18H15ClN2O3. The van der Waals surface area contributed by atoms with Crippen LogP contribution in [0.4, 0.5) is 0 Å². The highest BCUT2D eigenvalue weighted by atomic mass is 35.5. The van der Waals surface area contributed by atoms with Gasteiger partial charge in [-0.2, -0.15) is 4.98 Å². The summed E-state index contributed by atoms with van der Waals surface area (Å²) in [6.07, 6.45) is 0.0959. The molecule has 0 amide bonds. The van der Waals surface area contributed by atoms with Crippen molar-refractivity contribution < 1.29 is 14.1 Å². The highest BCUT2D eigenvalue weighted by Crippen LogP contribution is 2.18. The molecule has 3 aromatic rings. The van der Waals surface area contributed by atoms with Gasteiger partial charge < -0.3 is 9.26 Å². The Balaban J connectivity index is 1.58. The topological polar surface area (TPSA) is 65.2 Å². The first-order chi connectivity index (χ1) is 11.6. The van der Waals surface area contributed by atoms with Crippen LogP contribution in [-0.2, 0) is 22.6 Å². The van der Waals surface area contributed by atoms with E-state index >= 15 is 0 Å². The fourth-order valence-corrected chi connectivity index (χ4v) is 2.33. The van der Waals surface area contributed by atoms with E-state index in [-0.39, 0.29) is 18.9 Å². The van der Waals surface area contributed by atoms with Gasteiger partial charge in [-0.1, -0.05) is 64.8 Å². The number of nitrogens with zero attached hydrogens (tertiary/aromatic N) is 2. The van der Waals surface area contributed by atoms with Crippen LogP contribution in [0.2, 0.25) is 5.02 Å². The second-order valence-corrected chi connectivity index (χ2v) is 5.71. The lowest BCUT2D eigenvalue weighted by atomic mass is 10.1. The van der Waals surface area contributed by atoms with E-state index in [2.05, 4.69) is 10.1 Å². The minimum atomic E-state index is -0.404. The molecule has 0 radical (unpaired) electrons. The van der Waals surface area contributed by atoms with Crippen molar-refractivity contribution in [2.24, 2.45) is 0 Å². The molecule has 0 saturated heterocycles. The Hall–Kier alpha value is -2.66. The maximum atomic E-state index is 11.9. The van der Waals surface area contributed by atoms with Crippen molar-refractivity contribution in [1.82, 2.24) is 10.1 Å². The summed E-state index contributed by atoms with van der Waals surface area (Å²) in [6, 6.07) is 14.9. The highest BCUT2D eigenvalue weighted by molar-refractivity contribution is 6.31. The number of hydrogen-bond donors (Lipinski definition) is 0. The van der Waals surface area contributed by atoms with Crippen molar-refractivity contribution in [1.29, 1.82) is 0 Å². The Bertz CT molecular complexity index is 843. The van der Waals surface area contributed by atoms with Crippen LogP contribution >= 0.6 is 11.6 Å². The van der Waals surface area contributed by atoms with E-state index in [1.807, 2.05) is 43.3 Å². The molecule has 5 nitrogen and oxygen atoms in total. The maximum Gasteiger partial charge on any atom is 0.310 e. The summed E-state index contributed by atoms with van der Waals surface area (Å²) < 4.78 is 10.3. The monoisotopic (exact) mass is 342 g/mol. The Morgan fingerprint density at radius 3 is 2.67 bits per heavy atom. The number of esters is 1. The number of ether oxygens (including phenoxy) is 1. The molecule has 1 aromatic heterocycles. The molecule has 24 heavy (non-hydrogen) atoms. The van der Waals surface area contributed by atoms with Crippen molar-refractivity contribution in [3.05, 3.63) is 70.6 Å². The minimum absolute atomic E-state index is 0.0673. The van der Waals surface area contributed by atoms with Crippen LogP contribution in [0, 0.1) is 6.92 Å². The first-order valence-corrected chi connectivity index (χ1v) is 7.78. The quantitative estimate of drug-likeness (QED) is 0.656. The molecule has 0 saturated carbocycles. The van der Waals surface area contributed by atoms with Gasteiger partial charge in [-0.25, -0.2) is 0 Å². The zero-order valence-corrected chi connectivity index (χ0v) is 13.8. The number of aryl methyl sites for hydroxylation is 1. The molecular weight excluding hydrogens is 328 g/mol. The van der Waals surface area contributed by atoms with Crippen molar-refractivity contribution >= 4 is 17.6 Å². The van der Waals surface area contributed by atoms with Crippen molar-refractivity contribution in [3.63, 3.8) is 0 Å². The summed E-state index contributed by atoms with van der Waals surface area (Å²) in [5.74, 6) is 0.309. The molecule has 0 aliphatic carbocycles. The molecule has 0 atom stereocenters. The standard InChI is InChI=1S/C18H15ClN2O3/c1-12-6-8-13(9-7-12)18-20-16(24-21-18)11-23-17(22)10-14-4-2-3-5-15(14)19/h2-9H,10-11H2,1H3. The molecule has 0 spiro atoms. The molecule has 0 fully saturated rings. The Labute approximate surface area is 144 Å². The molecule has 0 aliphatic heterocycles. The van der Waals surface area contributed by atoms with Gasteiger partial charge in [0, 0.05) is 10.6 Å². The fourth-order valence-electron chi connectivity index (χ4n) is 2.12. The zero-order valence-electron chi connectivity index (χ0n) is 13.0. The van der Waals surface area contributed by atoms with Crippen LogP contribution in [0.5, 0.6) is 0 Å². The summed E-state index contributed by atoms with van der Waals surface area (Å²) in [4.78, 5) is 16.1. The Kier molecular flexibility index (Phi) is 4.91. The molecule has 0 aliphatic rings. The van der Waals surface area contributed by atoms with E-state index in [4.69, 9.17) is 20.9 Å². The molecule has 122 valence electrons. The van der Waals surface area contributed by atoms with Crippen LogP contribution in [0.25, 0.3) is 11.4 Å². The summed E-state index contributed by atoms with van der Waals surface area (Å²) in [7, 11) is 0. The average molecular weight is 343 g/mol. The van der Waals surface area contributed by atoms with E-state index in [0.29, 0.717) is 10.8 Å². The van der Waals surface area contributed by atoms with Gasteiger partial charge >= 0.3 is 5.97 Å². The summed E-state index contributed by atoms with van der Waals surface area (Å²) in [6.45, 7) is 1.94. The van der Waals surface area contributed by atoms with Gasteiger partial charge in [0.25, 0.3) is 5.89 Å².